The molecule has 1 amide bonds. The Bertz CT molecular complexity index is 697. The second-order valence-corrected chi connectivity index (χ2v) is 8.94. The van der Waals surface area contributed by atoms with Gasteiger partial charge in [0.15, 0.2) is 0 Å². The molecule has 1 atom stereocenters. The number of benzene rings is 1. The third-order valence-corrected chi connectivity index (χ3v) is 7.04. The van der Waals surface area contributed by atoms with Crippen LogP contribution in [0.25, 0.3) is 0 Å². The first-order chi connectivity index (χ1) is 12.0. The Morgan fingerprint density at radius 2 is 1.72 bits per heavy atom. The molecule has 1 aromatic rings. The normalized spacial score (nSPS) is 22.8. The fraction of sp³-hybridized carbons (Fsp3) is 0.611. The van der Waals surface area contributed by atoms with E-state index in [-0.39, 0.29) is 10.8 Å². The third-order valence-electron chi connectivity index (χ3n) is 5.13. The molecule has 3 rings (SSSR count). The van der Waals surface area contributed by atoms with Gasteiger partial charge in [0, 0.05) is 24.8 Å². The largest absolute Gasteiger partial charge is 0.325 e. The summed E-state index contributed by atoms with van der Waals surface area (Å²) < 4.78 is 26.5. The number of rotatable bonds is 5. The highest BCUT2D eigenvalue weighted by molar-refractivity contribution is 7.89. The van der Waals surface area contributed by atoms with Crippen LogP contribution in [0.2, 0.25) is 0 Å². The minimum absolute atomic E-state index is 0.0519. The number of amides is 1. The van der Waals surface area contributed by atoms with Gasteiger partial charge >= 0.3 is 0 Å². The molecule has 2 aliphatic heterocycles. The summed E-state index contributed by atoms with van der Waals surface area (Å²) in [5, 5.41) is 2.87. The van der Waals surface area contributed by atoms with Crippen molar-refractivity contribution in [1.82, 2.24) is 9.21 Å². The highest BCUT2D eigenvalue weighted by Crippen LogP contribution is 2.22. The lowest BCUT2D eigenvalue weighted by atomic mass is 10.0. The predicted molar refractivity (Wildman–Crippen MR) is 98.0 cm³/mol. The van der Waals surface area contributed by atoms with Crippen LogP contribution in [-0.4, -0.2) is 55.8 Å². The minimum Gasteiger partial charge on any atom is -0.325 e. The average Bonchev–Trinajstić information content (AvgIpc) is 3.13. The van der Waals surface area contributed by atoms with Crippen LogP contribution in [0.1, 0.15) is 39.0 Å². The van der Waals surface area contributed by atoms with Gasteiger partial charge in [-0.05, 0) is 63.4 Å². The second-order valence-electron chi connectivity index (χ2n) is 7.00. The van der Waals surface area contributed by atoms with Crippen LogP contribution < -0.4 is 5.32 Å². The first-order valence-corrected chi connectivity index (χ1v) is 10.5. The van der Waals surface area contributed by atoms with E-state index >= 15 is 0 Å². The number of carbonyl (C=O) groups excluding carboxylic acids is 1. The maximum absolute atomic E-state index is 12.5. The molecule has 0 aromatic heterocycles. The van der Waals surface area contributed by atoms with Gasteiger partial charge in [-0.2, -0.15) is 4.31 Å². The fourth-order valence-corrected chi connectivity index (χ4v) is 5.08. The van der Waals surface area contributed by atoms with Crippen LogP contribution in [0.15, 0.2) is 29.2 Å². The molecule has 0 bridgehead atoms. The van der Waals surface area contributed by atoms with Gasteiger partial charge in [0.05, 0.1) is 11.4 Å². The van der Waals surface area contributed by atoms with Crippen LogP contribution >= 0.6 is 0 Å². The monoisotopic (exact) mass is 365 g/mol. The first kappa shape index (κ1) is 18.4. The molecule has 7 heteroatoms. The predicted octanol–water partition coefficient (Wildman–Crippen LogP) is 2.28. The number of likely N-dealkylation sites (tertiary alicyclic amines) is 1. The summed E-state index contributed by atoms with van der Waals surface area (Å²) in [5.74, 6) is -0.0519. The Morgan fingerprint density at radius 3 is 2.36 bits per heavy atom. The van der Waals surface area contributed by atoms with Gasteiger partial charge in [0.1, 0.15) is 0 Å². The van der Waals surface area contributed by atoms with E-state index in [1.807, 2.05) is 0 Å². The Balaban J connectivity index is 1.59. The maximum Gasteiger partial charge on any atom is 0.243 e. The number of piperidine rings is 1. The molecule has 2 heterocycles. The first-order valence-electron chi connectivity index (χ1n) is 9.11. The van der Waals surface area contributed by atoms with Gasteiger partial charge in [-0.15, -0.1) is 0 Å². The number of sulfonamides is 1. The molecule has 6 nitrogen and oxygen atoms in total. The van der Waals surface area contributed by atoms with Crippen molar-refractivity contribution in [3.8, 4) is 0 Å². The maximum atomic E-state index is 12.5. The van der Waals surface area contributed by atoms with Crippen molar-refractivity contribution in [3.05, 3.63) is 24.3 Å². The van der Waals surface area contributed by atoms with Gasteiger partial charge in [-0.3, -0.25) is 9.69 Å². The Labute approximate surface area is 150 Å². The topological polar surface area (TPSA) is 69.7 Å². The lowest BCUT2D eigenvalue weighted by Gasteiger charge is -2.32. The van der Waals surface area contributed by atoms with Crippen molar-refractivity contribution >= 4 is 21.6 Å². The van der Waals surface area contributed by atoms with E-state index in [0.29, 0.717) is 31.4 Å². The molecular weight excluding hydrogens is 338 g/mol. The quantitative estimate of drug-likeness (QED) is 0.869. The molecule has 0 aliphatic carbocycles. The summed E-state index contributed by atoms with van der Waals surface area (Å²) in [6.45, 7) is 4.69. The lowest BCUT2D eigenvalue weighted by Crippen LogP contribution is -2.42. The number of hydrogen-bond acceptors (Lipinski definition) is 4. The van der Waals surface area contributed by atoms with E-state index in [2.05, 4.69) is 17.1 Å². The summed E-state index contributed by atoms with van der Waals surface area (Å²) >= 11 is 0. The zero-order valence-corrected chi connectivity index (χ0v) is 15.6. The fourth-order valence-electron chi connectivity index (χ4n) is 3.57. The molecule has 1 unspecified atom stereocenters. The van der Waals surface area contributed by atoms with Crippen LogP contribution in [0.4, 0.5) is 5.69 Å². The van der Waals surface area contributed by atoms with Crippen LogP contribution in [-0.2, 0) is 14.8 Å². The van der Waals surface area contributed by atoms with Gasteiger partial charge < -0.3 is 5.32 Å². The summed E-state index contributed by atoms with van der Waals surface area (Å²) in [7, 11) is -3.40. The van der Waals surface area contributed by atoms with Gasteiger partial charge in [-0.1, -0.05) is 6.42 Å². The van der Waals surface area contributed by atoms with Gasteiger partial charge in [0.2, 0.25) is 15.9 Å². The van der Waals surface area contributed by atoms with Crippen molar-refractivity contribution < 1.29 is 13.2 Å². The highest BCUT2D eigenvalue weighted by Gasteiger charge is 2.27. The average molecular weight is 365 g/mol. The van der Waals surface area contributed by atoms with Gasteiger partial charge in [-0.25, -0.2) is 8.42 Å². The zero-order chi connectivity index (χ0) is 17.9. The van der Waals surface area contributed by atoms with Crippen molar-refractivity contribution in [2.45, 2.75) is 50.0 Å². The van der Waals surface area contributed by atoms with Crippen LogP contribution in [0, 0.1) is 0 Å². The molecule has 25 heavy (non-hydrogen) atoms. The van der Waals surface area contributed by atoms with Gasteiger partial charge in [0.25, 0.3) is 0 Å². The minimum atomic E-state index is -3.40. The molecule has 138 valence electrons. The molecule has 2 fully saturated rings. The molecular formula is C18H27N3O3S. The van der Waals surface area contributed by atoms with Crippen molar-refractivity contribution in [3.63, 3.8) is 0 Å². The van der Waals surface area contributed by atoms with Crippen LogP contribution in [0.5, 0.6) is 0 Å². The van der Waals surface area contributed by atoms with E-state index in [9.17, 15) is 13.2 Å². The third kappa shape index (κ3) is 4.40. The van der Waals surface area contributed by atoms with E-state index in [1.165, 1.54) is 10.7 Å². The zero-order valence-electron chi connectivity index (χ0n) is 14.8. The van der Waals surface area contributed by atoms with E-state index in [1.54, 1.807) is 24.3 Å². The summed E-state index contributed by atoms with van der Waals surface area (Å²) in [6.07, 6.45) is 5.34. The van der Waals surface area contributed by atoms with E-state index < -0.39 is 10.0 Å². The standard InChI is InChI=1S/C18H27N3O3S/c1-15-6-2-3-11-20(15)14-18(22)19-16-7-9-17(10-8-16)25(23,24)21-12-4-5-13-21/h7-10,15H,2-6,11-14H2,1H3,(H,19,22). The number of hydrogen-bond donors (Lipinski definition) is 1. The van der Waals surface area contributed by atoms with Crippen molar-refractivity contribution in [2.24, 2.45) is 0 Å². The highest BCUT2D eigenvalue weighted by atomic mass is 32.2. The SMILES string of the molecule is CC1CCCCN1CC(=O)Nc1ccc(S(=O)(=O)N2CCCC2)cc1. The molecule has 1 N–H and O–H groups in total. The smallest absolute Gasteiger partial charge is 0.243 e. The summed E-state index contributed by atoms with van der Waals surface area (Å²) in [6, 6.07) is 6.92. The molecule has 0 saturated carbocycles. The number of nitrogens with zero attached hydrogens (tertiary/aromatic N) is 2. The molecule has 0 radical (unpaired) electrons. The number of nitrogens with one attached hydrogen (secondary N) is 1. The lowest BCUT2D eigenvalue weighted by molar-refractivity contribution is -0.118. The Morgan fingerprint density at radius 1 is 1.08 bits per heavy atom. The molecule has 1 aromatic carbocycles. The second kappa shape index (κ2) is 7.85. The van der Waals surface area contributed by atoms with Crippen molar-refractivity contribution in [1.29, 1.82) is 0 Å². The molecule has 2 aliphatic rings. The van der Waals surface area contributed by atoms with E-state index in [4.69, 9.17) is 0 Å². The van der Waals surface area contributed by atoms with Crippen molar-refractivity contribution in [2.75, 3.05) is 31.5 Å². The Hall–Kier alpha value is -1.44. The number of carbonyl (C=O) groups is 1. The summed E-state index contributed by atoms with van der Waals surface area (Å²) in [5.41, 5.74) is 0.634. The van der Waals surface area contributed by atoms with Crippen LogP contribution in [0.3, 0.4) is 0 Å². The number of anilines is 1. The molecule has 0 spiro atoms. The Kier molecular flexibility index (Phi) is 5.76. The molecule has 2 saturated heterocycles. The summed E-state index contributed by atoms with van der Waals surface area (Å²) in [4.78, 5) is 14.7. The van der Waals surface area contributed by atoms with E-state index in [0.717, 1.165) is 32.2 Å².